The number of rotatable bonds is 4. The fourth-order valence-corrected chi connectivity index (χ4v) is 2.00. The Morgan fingerprint density at radius 2 is 2.50 bits per heavy atom. The molecule has 1 heterocycles. The van der Waals surface area contributed by atoms with Crippen molar-refractivity contribution in [3.63, 3.8) is 0 Å². The number of carbonyl (C=O) groups is 2. The van der Waals surface area contributed by atoms with Crippen LogP contribution in [0.1, 0.15) is 6.92 Å². The molecule has 0 aliphatic carbocycles. The van der Waals surface area contributed by atoms with Gasteiger partial charge in [-0.2, -0.15) is 0 Å². The summed E-state index contributed by atoms with van der Waals surface area (Å²) >= 11 is 1.53. The monoisotopic (exact) mass is 217 g/mol. The van der Waals surface area contributed by atoms with Crippen LogP contribution in [0.5, 0.6) is 0 Å². The van der Waals surface area contributed by atoms with E-state index in [0.717, 1.165) is 0 Å². The SMILES string of the molecule is C[C@@H](CN)NC(=O)CN1CSCC1=O. The summed E-state index contributed by atoms with van der Waals surface area (Å²) in [5, 5.41) is 2.71. The molecule has 1 saturated heterocycles. The molecule has 1 fully saturated rings. The van der Waals surface area contributed by atoms with Gasteiger partial charge in [0.05, 0.1) is 11.6 Å². The highest BCUT2D eigenvalue weighted by Crippen LogP contribution is 2.13. The Kier molecular flexibility index (Phi) is 4.21. The summed E-state index contributed by atoms with van der Waals surface area (Å²) in [6.07, 6.45) is 0. The summed E-state index contributed by atoms with van der Waals surface area (Å²) in [6.45, 7) is 2.39. The summed E-state index contributed by atoms with van der Waals surface area (Å²) in [5.74, 6) is 0.993. The topological polar surface area (TPSA) is 75.4 Å². The van der Waals surface area contributed by atoms with Crippen LogP contribution >= 0.6 is 11.8 Å². The zero-order valence-corrected chi connectivity index (χ0v) is 8.97. The largest absolute Gasteiger partial charge is 0.351 e. The molecule has 0 bridgehead atoms. The first-order valence-electron chi connectivity index (χ1n) is 4.48. The maximum absolute atomic E-state index is 11.3. The second kappa shape index (κ2) is 5.21. The van der Waals surface area contributed by atoms with Crippen molar-refractivity contribution in [2.24, 2.45) is 5.73 Å². The number of nitrogens with zero attached hydrogens (tertiary/aromatic N) is 1. The van der Waals surface area contributed by atoms with Gasteiger partial charge in [0.1, 0.15) is 6.54 Å². The second-order valence-corrected chi connectivity index (χ2v) is 4.23. The van der Waals surface area contributed by atoms with E-state index >= 15 is 0 Å². The lowest BCUT2D eigenvalue weighted by Gasteiger charge is -2.16. The molecule has 1 rings (SSSR count). The minimum atomic E-state index is -0.140. The predicted molar refractivity (Wildman–Crippen MR) is 55.7 cm³/mol. The smallest absolute Gasteiger partial charge is 0.239 e. The van der Waals surface area contributed by atoms with E-state index in [0.29, 0.717) is 18.2 Å². The number of hydrogen-bond donors (Lipinski definition) is 2. The van der Waals surface area contributed by atoms with E-state index in [1.165, 1.54) is 11.8 Å². The van der Waals surface area contributed by atoms with Crippen LogP contribution in [-0.2, 0) is 9.59 Å². The summed E-state index contributed by atoms with van der Waals surface area (Å²) in [6, 6.07) is -0.0344. The Labute approximate surface area is 87.4 Å². The zero-order chi connectivity index (χ0) is 10.6. The van der Waals surface area contributed by atoms with Gasteiger partial charge < -0.3 is 16.0 Å². The number of amides is 2. The maximum atomic E-state index is 11.3. The first-order chi connectivity index (χ1) is 6.63. The number of thioether (sulfide) groups is 1. The van der Waals surface area contributed by atoms with Gasteiger partial charge in [-0.3, -0.25) is 9.59 Å². The molecule has 0 aromatic rings. The molecule has 2 amide bonds. The van der Waals surface area contributed by atoms with Crippen molar-refractivity contribution in [2.45, 2.75) is 13.0 Å². The third kappa shape index (κ3) is 3.19. The van der Waals surface area contributed by atoms with Crippen LogP contribution in [-0.4, -0.2) is 47.5 Å². The van der Waals surface area contributed by atoms with Crippen molar-refractivity contribution in [1.29, 1.82) is 0 Å². The van der Waals surface area contributed by atoms with Crippen molar-refractivity contribution >= 4 is 23.6 Å². The van der Waals surface area contributed by atoms with Gasteiger partial charge in [0.15, 0.2) is 0 Å². The molecule has 3 N–H and O–H groups in total. The zero-order valence-electron chi connectivity index (χ0n) is 8.16. The fourth-order valence-electron chi connectivity index (χ4n) is 1.09. The Bertz CT molecular complexity index is 235. The van der Waals surface area contributed by atoms with Crippen molar-refractivity contribution in [3.8, 4) is 0 Å². The van der Waals surface area contributed by atoms with Gasteiger partial charge in [-0.15, -0.1) is 11.8 Å². The molecular weight excluding hydrogens is 202 g/mol. The first kappa shape index (κ1) is 11.3. The van der Waals surface area contributed by atoms with E-state index in [-0.39, 0.29) is 24.4 Å². The quantitative estimate of drug-likeness (QED) is 0.632. The van der Waals surface area contributed by atoms with Crippen LogP contribution in [0.4, 0.5) is 0 Å². The number of nitrogens with two attached hydrogens (primary N) is 1. The van der Waals surface area contributed by atoms with Crippen LogP contribution in [0.3, 0.4) is 0 Å². The lowest BCUT2D eigenvalue weighted by molar-refractivity contribution is -0.132. The van der Waals surface area contributed by atoms with Crippen LogP contribution in [0.2, 0.25) is 0 Å². The van der Waals surface area contributed by atoms with E-state index < -0.39 is 0 Å². The third-order valence-electron chi connectivity index (χ3n) is 1.92. The van der Waals surface area contributed by atoms with E-state index in [1.807, 2.05) is 6.92 Å². The summed E-state index contributed by atoms with van der Waals surface area (Å²) < 4.78 is 0. The van der Waals surface area contributed by atoms with Gasteiger partial charge >= 0.3 is 0 Å². The summed E-state index contributed by atoms with van der Waals surface area (Å²) in [5.41, 5.74) is 5.36. The van der Waals surface area contributed by atoms with Gasteiger partial charge in [-0.1, -0.05) is 0 Å². The summed E-state index contributed by atoms with van der Waals surface area (Å²) in [4.78, 5) is 24.1. The van der Waals surface area contributed by atoms with Gasteiger partial charge in [-0.25, -0.2) is 0 Å². The van der Waals surface area contributed by atoms with Crippen molar-refractivity contribution < 1.29 is 9.59 Å². The normalized spacial score (nSPS) is 18.4. The predicted octanol–water partition coefficient (Wildman–Crippen LogP) is -1.02. The molecule has 1 aliphatic heterocycles. The van der Waals surface area contributed by atoms with Crippen LogP contribution in [0.15, 0.2) is 0 Å². The maximum Gasteiger partial charge on any atom is 0.239 e. The Hall–Kier alpha value is -0.750. The van der Waals surface area contributed by atoms with Crippen molar-refractivity contribution in [2.75, 3.05) is 24.7 Å². The Balaban J connectivity index is 2.29. The molecule has 0 spiro atoms. The molecular formula is C8H15N3O2S. The lowest BCUT2D eigenvalue weighted by atomic mass is 10.3. The molecule has 0 aromatic heterocycles. The standard InChI is InChI=1S/C8H15N3O2S/c1-6(2-9)10-7(12)3-11-5-14-4-8(11)13/h6H,2-5,9H2,1H3,(H,10,12)/t6-/m0/s1. The molecule has 0 unspecified atom stereocenters. The minimum absolute atomic E-state index is 0.0329. The van der Waals surface area contributed by atoms with E-state index in [4.69, 9.17) is 5.73 Å². The van der Waals surface area contributed by atoms with E-state index in [1.54, 1.807) is 4.90 Å². The highest BCUT2D eigenvalue weighted by atomic mass is 32.2. The Morgan fingerprint density at radius 3 is 3.00 bits per heavy atom. The number of nitrogens with one attached hydrogen (secondary N) is 1. The highest BCUT2D eigenvalue weighted by Gasteiger charge is 2.22. The van der Waals surface area contributed by atoms with Crippen LogP contribution in [0.25, 0.3) is 0 Å². The molecule has 5 nitrogen and oxygen atoms in total. The molecule has 0 radical (unpaired) electrons. The van der Waals surface area contributed by atoms with Crippen LogP contribution in [0, 0.1) is 0 Å². The summed E-state index contributed by atoms with van der Waals surface area (Å²) in [7, 11) is 0. The fraction of sp³-hybridized carbons (Fsp3) is 0.750. The van der Waals surface area contributed by atoms with Crippen molar-refractivity contribution in [3.05, 3.63) is 0 Å². The molecule has 0 saturated carbocycles. The average molecular weight is 217 g/mol. The lowest BCUT2D eigenvalue weighted by Crippen LogP contribution is -2.44. The van der Waals surface area contributed by atoms with Gasteiger partial charge in [0.2, 0.25) is 11.8 Å². The van der Waals surface area contributed by atoms with Crippen molar-refractivity contribution in [1.82, 2.24) is 10.2 Å². The van der Waals surface area contributed by atoms with E-state index in [2.05, 4.69) is 5.32 Å². The minimum Gasteiger partial charge on any atom is -0.351 e. The first-order valence-corrected chi connectivity index (χ1v) is 5.64. The van der Waals surface area contributed by atoms with Crippen LogP contribution < -0.4 is 11.1 Å². The molecule has 0 aromatic carbocycles. The molecule has 80 valence electrons. The van der Waals surface area contributed by atoms with Gasteiger partial charge in [0.25, 0.3) is 0 Å². The molecule has 6 heteroatoms. The third-order valence-corrected chi connectivity index (χ3v) is 2.87. The van der Waals surface area contributed by atoms with Gasteiger partial charge in [-0.05, 0) is 6.92 Å². The second-order valence-electron chi connectivity index (χ2n) is 3.27. The highest BCUT2D eigenvalue weighted by molar-refractivity contribution is 8.00. The van der Waals surface area contributed by atoms with Gasteiger partial charge in [0, 0.05) is 12.6 Å². The average Bonchev–Trinajstić information content (AvgIpc) is 2.51. The molecule has 1 atom stereocenters. The number of carbonyl (C=O) groups excluding carboxylic acids is 2. The molecule has 1 aliphatic rings. The number of hydrogen-bond acceptors (Lipinski definition) is 4. The van der Waals surface area contributed by atoms with E-state index in [9.17, 15) is 9.59 Å². The molecule has 14 heavy (non-hydrogen) atoms. The Morgan fingerprint density at radius 1 is 1.79 bits per heavy atom.